The Labute approximate surface area is 212 Å². The topological polar surface area (TPSA) is 109 Å². The van der Waals surface area contributed by atoms with Crippen LogP contribution in [-0.4, -0.2) is 61.3 Å². The fourth-order valence-corrected chi connectivity index (χ4v) is 5.05. The molecule has 9 nitrogen and oxygen atoms in total. The fourth-order valence-electron chi connectivity index (χ4n) is 5.05. The molecule has 0 spiro atoms. The quantitative estimate of drug-likeness (QED) is 0.312. The molecule has 0 radical (unpaired) electrons. The van der Waals surface area contributed by atoms with Gasteiger partial charge in [-0.15, -0.1) is 0 Å². The van der Waals surface area contributed by atoms with Crippen LogP contribution in [0.3, 0.4) is 0 Å². The highest BCUT2D eigenvalue weighted by atomic mass is 16.5. The first-order chi connectivity index (χ1) is 18.3. The van der Waals surface area contributed by atoms with Crippen molar-refractivity contribution in [2.45, 2.75) is 12.8 Å². The molecule has 0 atom stereocenters. The summed E-state index contributed by atoms with van der Waals surface area (Å²) in [5.41, 5.74) is 7.20. The van der Waals surface area contributed by atoms with Crippen LogP contribution in [0.1, 0.15) is 12.8 Å². The number of aromatic nitrogens is 6. The number of fused-ring (bicyclic) bond motifs is 2. The minimum atomic E-state index is 0.657. The van der Waals surface area contributed by atoms with Crippen molar-refractivity contribution in [2.75, 3.05) is 26.2 Å². The maximum absolute atomic E-state index is 6.01. The lowest BCUT2D eigenvalue weighted by Gasteiger charge is -2.15. The third-order valence-corrected chi connectivity index (χ3v) is 6.97. The lowest BCUT2D eigenvalue weighted by molar-refractivity contribution is 0.237. The molecule has 9 heteroatoms. The molecular weight excluding hydrogens is 466 g/mol. The second-order valence-electron chi connectivity index (χ2n) is 9.34. The molecule has 0 aliphatic carbocycles. The average molecular weight is 492 g/mol. The molecule has 184 valence electrons. The number of hydrogen-bond acceptors (Lipinski definition) is 7. The van der Waals surface area contributed by atoms with E-state index in [4.69, 9.17) is 9.15 Å². The van der Waals surface area contributed by atoms with E-state index in [0.717, 1.165) is 81.0 Å². The molecule has 37 heavy (non-hydrogen) atoms. The highest BCUT2D eigenvalue weighted by molar-refractivity contribution is 6.00. The number of hydrogen-bond donors (Lipinski definition) is 2. The van der Waals surface area contributed by atoms with Crippen molar-refractivity contribution in [3.8, 4) is 39.4 Å². The Morgan fingerprint density at radius 2 is 1.81 bits per heavy atom. The number of likely N-dealkylation sites (tertiary alicyclic amines) is 1. The van der Waals surface area contributed by atoms with Crippen molar-refractivity contribution in [1.29, 1.82) is 0 Å². The summed E-state index contributed by atoms with van der Waals surface area (Å²) in [5.74, 6) is 0.763. The fraction of sp³-hybridized carbons (Fsp3) is 0.214. The zero-order valence-corrected chi connectivity index (χ0v) is 20.1. The molecule has 2 N–H and O–H groups in total. The lowest BCUT2D eigenvalue weighted by atomic mass is 10.1. The normalized spacial score (nSPS) is 14.2. The summed E-state index contributed by atoms with van der Waals surface area (Å²) in [5, 5.41) is 9.61. The third kappa shape index (κ3) is 4.13. The van der Waals surface area contributed by atoms with Crippen molar-refractivity contribution in [3.05, 3.63) is 67.8 Å². The Bertz CT molecular complexity index is 1680. The van der Waals surface area contributed by atoms with Crippen LogP contribution < -0.4 is 4.74 Å². The van der Waals surface area contributed by atoms with Crippen molar-refractivity contribution in [1.82, 2.24) is 35.0 Å². The molecule has 7 heterocycles. The van der Waals surface area contributed by atoms with Crippen LogP contribution in [0.2, 0.25) is 0 Å². The van der Waals surface area contributed by atoms with Gasteiger partial charge >= 0.3 is 0 Å². The molecule has 7 rings (SSSR count). The monoisotopic (exact) mass is 491 g/mol. The van der Waals surface area contributed by atoms with E-state index in [1.807, 2.05) is 36.9 Å². The summed E-state index contributed by atoms with van der Waals surface area (Å²) in [6.45, 7) is 3.93. The lowest BCUT2D eigenvalue weighted by Crippen LogP contribution is -2.25. The smallest absolute Gasteiger partial charge is 0.155 e. The third-order valence-electron chi connectivity index (χ3n) is 6.97. The molecule has 1 aliphatic heterocycles. The van der Waals surface area contributed by atoms with E-state index in [-0.39, 0.29) is 0 Å². The Morgan fingerprint density at radius 3 is 2.70 bits per heavy atom. The van der Waals surface area contributed by atoms with Crippen LogP contribution in [0, 0.1) is 0 Å². The number of H-pyrrole nitrogens is 2. The summed E-state index contributed by atoms with van der Waals surface area (Å²) >= 11 is 0. The van der Waals surface area contributed by atoms with Gasteiger partial charge in [-0.05, 0) is 50.2 Å². The Kier molecular flexibility index (Phi) is 5.40. The molecule has 0 saturated carbocycles. The number of pyridine rings is 3. The summed E-state index contributed by atoms with van der Waals surface area (Å²) in [4.78, 5) is 19.3. The predicted molar refractivity (Wildman–Crippen MR) is 141 cm³/mol. The minimum Gasteiger partial charge on any atom is -0.491 e. The number of rotatable bonds is 7. The number of nitrogens with zero attached hydrogens (tertiary/aromatic N) is 5. The summed E-state index contributed by atoms with van der Waals surface area (Å²) in [7, 11) is 0. The van der Waals surface area contributed by atoms with E-state index < -0.39 is 0 Å². The van der Waals surface area contributed by atoms with E-state index >= 15 is 0 Å². The van der Waals surface area contributed by atoms with Gasteiger partial charge in [0.05, 0.1) is 36.1 Å². The van der Waals surface area contributed by atoms with Gasteiger partial charge < -0.3 is 14.1 Å². The number of aromatic amines is 2. The molecule has 0 unspecified atom stereocenters. The summed E-state index contributed by atoms with van der Waals surface area (Å²) in [6.07, 6.45) is 15.1. The van der Waals surface area contributed by atoms with Crippen molar-refractivity contribution >= 4 is 21.9 Å². The van der Waals surface area contributed by atoms with Crippen LogP contribution >= 0.6 is 0 Å². The molecule has 0 amide bonds. The Hall–Kier alpha value is -4.50. The number of ether oxygens (including phenoxy) is 1. The molecule has 1 aliphatic rings. The summed E-state index contributed by atoms with van der Waals surface area (Å²) in [6, 6.07) is 8.14. The first-order valence-corrected chi connectivity index (χ1v) is 12.5. The van der Waals surface area contributed by atoms with E-state index in [0.29, 0.717) is 6.61 Å². The molecule has 1 fully saturated rings. The molecule has 0 aromatic carbocycles. The van der Waals surface area contributed by atoms with Gasteiger partial charge in [0.2, 0.25) is 0 Å². The van der Waals surface area contributed by atoms with Gasteiger partial charge in [-0.3, -0.25) is 20.0 Å². The van der Waals surface area contributed by atoms with Crippen LogP contribution in [0.15, 0.2) is 72.2 Å². The molecule has 1 saturated heterocycles. The Balaban J connectivity index is 1.20. The zero-order valence-electron chi connectivity index (χ0n) is 20.1. The van der Waals surface area contributed by atoms with Crippen molar-refractivity contribution < 1.29 is 9.15 Å². The first kappa shape index (κ1) is 21.8. The number of furan rings is 1. The van der Waals surface area contributed by atoms with Crippen molar-refractivity contribution in [3.63, 3.8) is 0 Å². The molecule has 0 bridgehead atoms. The maximum atomic E-state index is 6.01. The van der Waals surface area contributed by atoms with Gasteiger partial charge in [-0.25, -0.2) is 4.98 Å². The van der Waals surface area contributed by atoms with E-state index in [1.165, 1.54) is 12.8 Å². The van der Waals surface area contributed by atoms with Gasteiger partial charge in [0.1, 0.15) is 18.1 Å². The number of nitrogens with one attached hydrogen (secondary N) is 2. The second kappa shape index (κ2) is 9.18. The maximum Gasteiger partial charge on any atom is 0.155 e. The predicted octanol–water partition coefficient (Wildman–Crippen LogP) is 5.30. The molecule has 6 aromatic rings. The largest absolute Gasteiger partial charge is 0.491 e. The van der Waals surface area contributed by atoms with Crippen LogP contribution in [0.4, 0.5) is 0 Å². The van der Waals surface area contributed by atoms with Gasteiger partial charge in [-0.1, -0.05) is 0 Å². The van der Waals surface area contributed by atoms with Gasteiger partial charge in [0, 0.05) is 58.2 Å². The molecular formula is C28H25N7O2. The summed E-state index contributed by atoms with van der Waals surface area (Å²) < 4.78 is 11.3. The average Bonchev–Trinajstić information content (AvgIpc) is 3.74. The van der Waals surface area contributed by atoms with Crippen LogP contribution in [0.25, 0.3) is 55.6 Å². The van der Waals surface area contributed by atoms with E-state index in [1.54, 1.807) is 18.7 Å². The standard InChI is InChI=1S/C28H25N7O2/c1-2-5-35(4-1)6-8-37-21-9-19(12-29-14-21)20-10-23-27(33-34-28(23)31-13-20)25-11-22-24(18-3-7-36-17-18)15-30-16-26(22)32-25/h3,7,9-17,32H,1-2,4-6,8H2,(H,31,33,34). The van der Waals surface area contributed by atoms with Gasteiger partial charge in [0.25, 0.3) is 0 Å². The van der Waals surface area contributed by atoms with Gasteiger partial charge in [-0.2, -0.15) is 5.10 Å². The second-order valence-corrected chi connectivity index (χ2v) is 9.34. The molecule has 6 aromatic heterocycles. The van der Waals surface area contributed by atoms with Crippen LogP contribution in [0.5, 0.6) is 5.75 Å². The van der Waals surface area contributed by atoms with Gasteiger partial charge in [0.15, 0.2) is 5.65 Å². The SMILES string of the molecule is c1cc(-c2cncc3[nH]c(-c4n[nH]c5ncc(-c6cncc(OCCN7CCCC7)c6)cc45)cc23)co1. The van der Waals surface area contributed by atoms with E-state index in [9.17, 15) is 0 Å². The highest BCUT2D eigenvalue weighted by Gasteiger charge is 2.16. The first-order valence-electron chi connectivity index (χ1n) is 12.5. The highest BCUT2D eigenvalue weighted by Crippen LogP contribution is 2.34. The van der Waals surface area contributed by atoms with Crippen molar-refractivity contribution in [2.24, 2.45) is 0 Å². The Morgan fingerprint density at radius 1 is 0.919 bits per heavy atom. The van der Waals surface area contributed by atoms with Crippen LogP contribution in [-0.2, 0) is 0 Å². The minimum absolute atomic E-state index is 0.657. The van der Waals surface area contributed by atoms with E-state index in [2.05, 4.69) is 47.2 Å². The zero-order chi connectivity index (χ0) is 24.6.